The number of methoxy groups -OCH3 is 1. The van der Waals surface area contributed by atoms with Crippen LogP contribution >= 0.6 is 11.6 Å². The molecule has 0 atom stereocenters. The van der Waals surface area contributed by atoms with E-state index in [0.717, 1.165) is 17.7 Å². The average molecular weight is 400 g/mol. The normalized spacial score (nSPS) is 10.4. The number of ether oxygens (including phenoxy) is 1. The van der Waals surface area contributed by atoms with Gasteiger partial charge in [0.1, 0.15) is 12.1 Å². The molecule has 0 aliphatic carbocycles. The number of nitro groups is 1. The van der Waals surface area contributed by atoms with Crippen molar-refractivity contribution in [1.82, 2.24) is 9.97 Å². The Kier molecular flexibility index (Phi) is 5.90. The van der Waals surface area contributed by atoms with Gasteiger partial charge in [-0.2, -0.15) is 0 Å². The summed E-state index contributed by atoms with van der Waals surface area (Å²) in [4.78, 5) is 19.4. The van der Waals surface area contributed by atoms with E-state index in [1.807, 2.05) is 31.2 Å². The number of hydrogen-bond donors (Lipinski definition) is 2. The molecule has 0 amide bonds. The van der Waals surface area contributed by atoms with Crippen molar-refractivity contribution < 1.29 is 9.66 Å². The Balaban J connectivity index is 2.03. The number of para-hydroxylation sites is 1. The topological polar surface area (TPSA) is 102 Å². The van der Waals surface area contributed by atoms with Gasteiger partial charge in [-0.1, -0.05) is 36.7 Å². The minimum Gasteiger partial charge on any atom is -0.495 e. The van der Waals surface area contributed by atoms with Crippen molar-refractivity contribution in [3.05, 3.63) is 69.5 Å². The van der Waals surface area contributed by atoms with Gasteiger partial charge >= 0.3 is 5.69 Å². The highest BCUT2D eigenvalue weighted by atomic mass is 35.5. The van der Waals surface area contributed by atoms with Crippen LogP contribution < -0.4 is 15.4 Å². The molecule has 3 aromatic rings. The van der Waals surface area contributed by atoms with Gasteiger partial charge in [-0.15, -0.1) is 0 Å². The lowest BCUT2D eigenvalue weighted by Crippen LogP contribution is -2.07. The zero-order chi connectivity index (χ0) is 20.1. The maximum atomic E-state index is 11.8. The summed E-state index contributed by atoms with van der Waals surface area (Å²) in [6.07, 6.45) is 2.02. The second kappa shape index (κ2) is 8.53. The molecule has 8 nitrogen and oxygen atoms in total. The predicted molar refractivity (Wildman–Crippen MR) is 109 cm³/mol. The molecular weight excluding hydrogens is 382 g/mol. The Morgan fingerprint density at radius 2 is 1.79 bits per heavy atom. The van der Waals surface area contributed by atoms with Crippen LogP contribution in [0, 0.1) is 10.1 Å². The molecule has 0 bridgehead atoms. The maximum Gasteiger partial charge on any atom is 0.353 e. The van der Waals surface area contributed by atoms with E-state index in [1.165, 1.54) is 13.4 Å². The SMILES string of the molecule is CCc1ccccc1Nc1ncnc(Nc2cc(Cl)ccc2OC)c1[N+](=O)[O-]. The van der Waals surface area contributed by atoms with E-state index < -0.39 is 4.92 Å². The number of rotatable bonds is 7. The van der Waals surface area contributed by atoms with E-state index in [-0.39, 0.29) is 17.3 Å². The number of nitrogens with zero attached hydrogens (tertiary/aromatic N) is 3. The molecule has 0 aliphatic rings. The second-order valence-electron chi connectivity index (χ2n) is 5.78. The van der Waals surface area contributed by atoms with Crippen molar-refractivity contribution in [2.45, 2.75) is 13.3 Å². The number of benzene rings is 2. The van der Waals surface area contributed by atoms with E-state index in [4.69, 9.17) is 16.3 Å². The van der Waals surface area contributed by atoms with Crippen molar-refractivity contribution in [3.8, 4) is 5.75 Å². The van der Waals surface area contributed by atoms with Crippen LogP contribution in [0.3, 0.4) is 0 Å². The molecule has 0 saturated heterocycles. The lowest BCUT2D eigenvalue weighted by Gasteiger charge is -2.14. The number of halogens is 1. The highest BCUT2D eigenvalue weighted by molar-refractivity contribution is 6.31. The number of hydrogen-bond acceptors (Lipinski definition) is 7. The van der Waals surface area contributed by atoms with Gasteiger partial charge in [-0.3, -0.25) is 10.1 Å². The van der Waals surface area contributed by atoms with Crippen LogP contribution in [0.5, 0.6) is 5.75 Å². The highest BCUT2D eigenvalue weighted by Gasteiger charge is 2.24. The van der Waals surface area contributed by atoms with Gasteiger partial charge < -0.3 is 15.4 Å². The fourth-order valence-corrected chi connectivity index (χ4v) is 2.89. The van der Waals surface area contributed by atoms with Crippen LogP contribution in [0.2, 0.25) is 5.02 Å². The standard InChI is InChI=1S/C19H18ClN5O3/c1-3-12-6-4-5-7-14(12)23-18-17(25(26)27)19(22-11-21-18)24-15-10-13(20)8-9-16(15)28-2/h4-11H,3H2,1-2H3,(H2,21,22,23,24). The molecule has 2 N–H and O–H groups in total. The summed E-state index contributed by atoms with van der Waals surface area (Å²) in [7, 11) is 1.50. The van der Waals surface area contributed by atoms with Gasteiger partial charge in [0.2, 0.25) is 11.6 Å². The first kappa shape index (κ1) is 19.4. The monoisotopic (exact) mass is 399 g/mol. The van der Waals surface area contributed by atoms with Crippen LogP contribution in [-0.4, -0.2) is 22.0 Å². The maximum absolute atomic E-state index is 11.8. The molecule has 0 unspecified atom stereocenters. The first-order valence-corrected chi connectivity index (χ1v) is 8.86. The molecule has 0 saturated carbocycles. The number of aromatic nitrogens is 2. The van der Waals surface area contributed by atoms with Crippen LogP contribution in [-0.2, 0) is 6.42 Å². The fraction of sp³-hybridized carbons (Fsp3) is 0.158. The Bertz CT molecular complexity index is 1010. The third-order valence-corrected chi connectivity index (χ3v) is 4.31. The van der Waals surface area contributed by atoms with Gasteiger partial charge in [0.25, 0.3) is 0 Å². The Hall–Kier alpha value is -3.39. The van der Waals surface area contributed by atoms with E-state index in [0.29, 0.717) is 16.5 Å². The van der Waals surface area contributed by atoms with E-state index in [9.17, 15) is 10.1 Å². The van der Waals surface area contributed by atoms with Crippen LogP contribution in [0.15, 0.2) is 48.8 Å². The summed E-state index contributed by atoms with van der Waals surface area (Å²) in [5.74, 6) is 0.588. The minimum absolute atomic E-state index is 0.0250. The van der Waals surface area contributed by atoms with Crippen molar-refractivity contribution in [2.75, 3.05) is 17.7 Å². The minimum atomic E-state index is -0.531. The third kappa shape index (κ3) is 4.12. The Morgan fingerprint density at radius 3 is 2.43 bits per heavy atom. The zero-order valence-electron chi connectivity index (χ0n) is 15.3. The van der Waals surface area contributed by atoms with Crippen molar-refractivity contribution in [3.63, 3.8) is 0 Å². The second-order valence-corrected chi connectivity index (χ2v) is 6.22. The van der Waals surface area contributed by atoms with Crippen molar-refractivity contribution in [2.24, 2.45) is 0 Å². The molecular formula is C19H18ClN5O3. The summed E-state index contributed by atoms with van der Waals surface area (Å²) in [6, 6.07) is 12.5. The molecule has 0 spiro atoms. The molecule has 0 radical (unpaired) electrons. The van der Waals surface area contributed by atoms with Crippen LogP contribution in [0.1, 0.15) is 12.5 Å². The molecule has 3 rings (SSSR count). The molecule has 144 valence electrons. The van der Waals surface area contributed by atoms with Crippen molar-refractivity contribution in [1.29, 1.82) is 0 Å². The number of aryl methyl sites for hydroxylation is 1. The lowest BCUT2D eigenvalue weighted by molar-refractivity contribution is -0.383. The van der Waals surface area contributed by atoms with E-state index >= 15 is 0 Å². The summed E-state index contributed by atoms with van der Waals surface area (Å²) < 4.78 is 5.28. The largest absolute Gasteiger partial charge is 0.495 e. The van der Waals surface area contributed by atoms with E-state index in [1.54, 1.807) is 18.2 Å². The third-order valence-electron chi connectivity index (χ3n) is 4.07. The summed E-state index contributed by atoms with van der Waals surface area (Å²) in [5.41, 5.74) is 1.94. The first-order chi connectivity index (χ1) is 13.5. The Morgan fingerprint density at radius 1 is 1.11 bits per heavy atom. The summed E-state index contributed by atoms with van der Waals surface area (Å²) >= 11 is 6.04. The zero-order valence-corrected chi connectivity index (χ0v) is 16.0. The summed E-state index contributed by atoms with van der Waals surface area (Å²) in [6.45, 7) is 2.01. The highest BCUT2D eigenvalue weighted by Crippen LogP contribution is 2.36. The fourth-order valence-electron chi connectivity index (χ4n) is 2.72. The molecule has 28 heavy (non-hydrogen) atoms. The lowest BCUT2D eigenvalue weighted by atomic mass is 10.1. The van der Waals surface area contributed by atoms with Gasteiger partial charge in [0.05, 0.1) is 17.7 Å². The van der Waals surface area contributed by atoms with Crippen LogP contribution in [0.4, 0.5) is 28.7 Å². The van der Waals surface area contributed by atoms with Crippen molar-refractivity contribution >= 4 is 40.3 Å². The van der Waals surface area contributed by atoms with Crippen LogP contribution in [0.25, 0.3) is 0 Å². The Labute approximate surface area is 166 Å². The molecule has 2 aromatic carbocycles. The molecule has 1 heterocycles. The predicted octanol–water partition coefficient (Wildman–Crippen LogP) is 5.10. The van der Waals surface area contributed by atoms with E-state index in [2.05, 4.69) is 20.6 Å². The van der Waals surface area contributed by atoms with Gasteiger partial charge in [-0.25, -0.2) is 9.97 Å². The molecule has 1 aromatic heterocycles. The van der Waals surface area contributed by atoms with Gasteiger partial charge in [-0.05, 0) is 36.2 Å². The van der Waals surface area contributed by atoms with Gasteiger partial charge in [0.15, 0.2) is 0 Å². The quantitative estimate of drug-likeness (QED) is 0.421. The first-order valence-electron chi connectivity index (χ1n) is 8.48. The van der Waals surface area contributed by atoms with Gasteiger partial charge in [0, 0.05) is 10.7 Å². The molecule has 0 aliphatic heterocycles. The molecule has 0 fully saturated rings. The molecule has 9 heteroatoms. The smallest absolute Gasteiger partial charge is 0.353 e. The number of nitrogens with one attached hydrogen (secondary N) is 2. The number of anilines is 4. The summed E-state index contributed by atoms with van der Waals surface area (Å²) in [5, 5.41) is 18.2. The average Bonchev–Trinajstić information content (AvgIpc) is 2.68.